The topological polar surface area (TPSA) is 117 Å². The van der Waals surface area contributed by atoms with E-state index in [-0.39, 0.29) is 18.1 Å². The average molecular weight is 549 g/mol. The fourth-order valence-corrected chi connectivity index (χ4v) is 5.25. The highest BCUT2D eigenvalue weighted by molar-refractivity contribution is 7.98. The Morgan fingerprint density at radius 1 is 1.24 bits per heavy atom. The Hall–Kier alpha value is -3.11. The van der Waals surface area contributed by atoms with E-state index < -0.39 is 29.6 Å². The van der Waals surface area contributed by atoms with Crippen molar-refractivity contribution in [1.29, 1.82) is 0 Å². The zero-order valence-electron chi connectivity index (χ0n) is 20.8. The number of likely N-dealkylation sites (N-methyl/N-ethyl adjacent to an activating group) is 1. The van der Waals surface area contributed by atoms with Gasteiger partial charge in [-0.05, 0) is 49.8 Å². The number of carbonyl (C=O) groups is 4. The fraction of sp³-hybridized carbons (Fsp3) is 0.423. The number of hydrogen-bond acceptors (Lipinski definition) is 6. The molecular formula is C26H31ClN3O6S+. The van der Waals surface area contributed by atoms with Gasteiger partial charge in [0.2, 0.25) is 0 Å². The minimum absolute atomic E-state index is 0.0907. The van der Waals surface area contributed by atoms with Crippen LogP contribution in [0.25, 0.3) is 0 Å². The summed E-state index contributed by atoms with van der Waals surface area (Å²) in [7, 11) is 1.53. The Balaban J connectivity index is 1.73. The molecule has 2 N–H and O–H groups in total. The summed E-state index contributed by atoms with van der Waals surface area (Å²) in [6, 6.07) is 9.14. The Morgan fingerprint density at radius 2 is 2.00 bits per heavy atom. The Labute approximate surface area is 225 Å². The van der Waals surface area contributed by atoms with Gasteiger partial charge in [0.25, 0.3) is 12.6 Å². The van der Waals surface area contributed by atoms with Gasteiger partial charge in [-0.25, -0.2) is 9.59 Å². The number of Topliss-reactive ketones (excluding diaryl/α,β-unsaturated/α-hetero) is 1. The molecule has 3 rings (SSSR count). The molecule has 2 amide bonds. The molecule has 198 valence electrons. The van der Waals surface area contributed by atoms with E-state index in [1.54, 1.807) is 42.6 Å². The molecule has 11 heteroatoms. The fourth-order valence-electron chi connectivity index (χ4n) is 4.48. The summed E-state index contributed by atoms with van der Waals surface area (Å²) in [5, 5.41) is 12.3. The molecule has 1 fully saturated rings. The standard InChI is InChI=1S/C26H30ClN3O6S/c1-29(26(13-6-5-11-22(26)31)19-9-3-4-10-20(19)27)25(35)36-17-30-14-7-8-18(16-30)23(32)28-21(24(33)34)12-15-37-2/h3-4,7-10,14,16,21H,5-6,11-13,15,17H2,1-2H3,(H-,28,32,33,34)/p+1/t21-,26?/m0/s1. The molecule has 37 heavy (non-hydrogen) atoms. The second-order valence-corrected chi connectivity index (χ2v) is 10.2. The number of carboxylic acids is 1. The van der Waals surface area contributed by atoms with Crippen molar-refractivity contribution in [3.05, 3.63) is 64.9 Å². The number of pyridine rings is 1. The van der Waals surface area contributed by atoms with E-state index in [0.717, 1.165) is 12.8 Å². The number of carboxylic acid groups (broad SMARTS) is 1. The lowest BCUT2D eigenvalue weighted by Gasteiger charge is -2.43. The van der Waals surface area contributed by atoms with Gasteiger partial charge in [0, 0.05) is 30.1 Å². The summed E-state index contributed by atoms with van der Waals surface area (Å²) in [6.45, 7) is -0.216. The third kappa shape index (κ3) is 6.61. The van der Waals surface area contributed by atoms with Crippen molar-refractivity contribution in [1.82, 2.24) is 10.2 Å². The molecule has 1 heterocycles. The molecule has 2 atom stereocenters. The zero-order valence-corrected chi connectivity index (χ0v) is 22.4. The number of nitrogens with one attached hydrogen (secondary N) is 1. The molecule has 0 radical (unpaired) electrons. The van der Waals surface area contributed by atoms with Gasteiger partial charge in [0.05, 0.1) is 0 Å². The quantitative estimate of drug-likeness (QED) is 0.435. The van der Waals surface area contributed by atoms with Crippen LogP contribution >= 0.6 is 23.4 Å². The van der Waals surface area contributed by atoms with E-state index in [0.29, 0.717) is 35.6 Å². The van der Waals surface area contributed by atoms with Crippen molar-refractivity contribution in [3.8, 4) is 0 Å². The average Bonchev–Trinajstić information content (AvgIpc) is 2.90. The van der Waals surface area contributed by atoms with Gasteiger partial charge in [-0.1, -0.05) is 29.8 Å². The lowest BCUT2D eigenvalue weighted by Crippen LogP contribution is -2.55. The minimum Gasteiger partial charge on any atom is -0.480 e. The number of aliphatic carboxylic acids is 1. The van der Waals surface area contributed by atoms with E-state index in [1.807, 2.05) is 6.26 Å². The van der Waals surface area contributed by atoms with Gasteiger partial charge in [0.15, 0.2) is 18.2 Å². The maximum Gasteiger partial charge on any atom is 0.415 e. The van der Waals surface area contributed by atoms with Crippen molar-refractivity contribution >= 4 is 47.1 Å². The highest BCUT2D eigenvalue weighted by atomic mass is 35.5. The first-order valence-corrected chi connectivity index (χ1v) is 13.7. The van der Waals surface area contributed by atoms with Crippen molar-refractivity contribution in [2.24, 2.45) is 0 Å². The summed E-state index contributed by atoms with van der Waals surface area (Å²) in [4.78, 5) is 51.8. The molecule has 1 unspecified atom stereocenters. The van der Waals surface area contributed by atoms with Crippen LogP contribution in [0.3, 0.4) is 0 Å². The van der Waals surface area contributed by atoms with Crippen molar-refractivity contribution in [2.75, 3.05) is 19.1 Å². The summed E-state index contributed by atoms with van der Waals surface area (Å²) >= 11 is 7.95. The molecule has 9 nitrogen and oxygen atoms in total. The third-order valence-corrected chi connectivity index (χ3v) is 7.46. The van der Waals surface area contributed by atoms with Crippen LogP contribution < -0.4 is 9.88 Å². The lowest BCUT2D eigenvalue weighted by molar-refractivity contribution is -0.727. The van der Waals surface area contributed by atoms with Crippen molar-refractivity contribution < 1.29 is 33.6 Å². The Bertz CT molecular complexity index is 1160. The minimum atomic E-state index is -1.22. The molecule has 1 aromatic heterocycles. The predicted molar refractivity (Wildman–Crippen MR) is 139 cm³/mol. The van der Waals surface area contributed by atoms with Crippen LogP contribution in [-0.2, 0) is 26.6 Å². The number of carbonyl (C=O) groups excluding carboxylic acids is 3. The number of hydrogen-bond donors (Lipinski definition) is 2. The number of nitrogens with zero attached hydrogens (tertiary/aromatic N) is 2. The summed E-state index contributed by atoms with van der Waals surface area (Å²) < 4.78 is 7.00. The van der Waals surface area contributed by atoms with Crippen LogP contribution in [0, 0.1) is 0 Å². The normalized spacial score (nSPS) is 18.1. The van der Waals surface area contributed by atoms with Crippen LogP contribution in [0.5, 0.6) is 0 Å². The van der Waals surface area contributed by atoms with Crippen LogP contribution in [0.4, 0.5) is 4.79 Å². The molecule has 0 bridgehead atoms. The molecule has 1 aliphatic rings. The van der Waals surface area contributed by atoms with E-state index in [9.17, 15) is 24.3 Å². The number of benzene rings is 1. The molecule has 0 saturated heterocycles. The highest BCUT2D eigenvalue weighted by Crippen LogP contribution is 2.42. The van der Waals surface area contributed by atoms with Crippen LogP contribution in [-0.4, -0.2) is 58.9 Å². The summed E-state index contributed by atoms with van der Waals surface area (Å²) in [5.74, 6) is -1.15. The van der Waals surface area contributed by atoms with Gasteiger partial charge in [-0.2, -0.15) is 16.3 Å². The summed E-state index contributed by atoms with van der Waals surface area (Å²) in [5.41, 5.74) is -0.429. The van der Waals surface area contributed by atoms with Gasteiger partial charge < -0.3 is 15.2 Å². The number of halogens is 1. The van der Waals surface area contributed by atoms with Gasteiger partial charge >= 0.3 is 12.1 Å². The smallest absolute Gasteiger partial charge is 0.415 e. The molecule has 1 saturated carbocycles. The maximum absolute atomic E-state index is 13.2. The number of ketones is 1. The lowest BCUT2D eigenvalue weighted by atomic mass is 9.74. The molecule has 0 aliphatic heterocycles. The molecule has 2 aromatic rings. The Kier molecular flexibility index (Phi) is 9.93. The van der Waals surface area contributed by atoms with Crippen LogP contribution in [0.1, 0.15) is 48.0 Å². The number of rotatable bonds is 10. The van der Waals surface area contributed by atoms with Gasteiger partial charge in [-0.3, -0.25) is 14.5 Å². The van der Waals surface area contributed by atoms with Crippen LogP contribution in [0.15, 0.2) is 48.8 Å². The summed E-state index contributed by atoms with van der Waals surface area (Å²) in [6.07, 6.45) is 6.81. The Morgan fingerprint density at radius 3 is 2.68 bits per heavy atom. The van der Waals surface area contributed by atoms with E-state index in [2.05, 4.69) is 5.32 Å². The largest absolute Gasteiger partial charge is 0.480 e. The third-order valence-electron chi connectivity index (χ3n) is 6.49. The second kappa shape index (κ2) is 12.9. The maximum atomic E-state index is 13.2. The first-order chi connectivity index (χ1) is 17.7. The highest BCUT2D eigenvalue weighted by Gasteiger charge is 2.48. The van der Waals surface area contributed by atoms with Gasteiger partial charge in [0.1, 0.15) is 17.1 Å². The second-order valence-electron chi connectivity index (χ2n) is 8.82. The van der Waals surface area contributed by atoms with Crippen molar-refractivity contribution in [2.45, 2.75) is 50.4 Å². The number of amides is 2. The molecule has 1 aliphatic carbocycles. The van der Waals surface area contributed by atoms with Gasteiger partial charge in [-0.15, -0.1) is 0 Å². The van der Waals surface area contributed by atoms with Crippen LogP contribution in [0.2, 0.25) is 5.02 Å². The SMILES string of the molecule is CSCC[C@H](NC(=O)c1ccc[n+](COC(=O)N(C)C2(c3ccccc3Cl)CCCCC2=O)c1)C(=O)O. The van der Waals surface area contributed by atoms with E-state index >= 15 is 0 Å². The monoisotopic (exact) mass is 548 g/mol. The van der Waals surface area contributed by atoms with E-state index in [1.165, 1.54) is 34.5 Å². The predicted octanol–water partition coefficient (Wildman–Crippen LogP) is 3.63. The molecule has 1 aromatic carbocycles. The number of aromatic nitrogens is 1. The van der Waals surface area contributed by atoms with E-state index in [4.69, 9.17) is 16.3 Å². The first-order valence-electron chi connectivity index (χ1n) is 11.9. The van der Waals surface area contributed by atoms with Crippen molar-refractivity contribution in [3.63, 3.8) is 0 Å². The number of ether oxygens (including phenoxy) is 1. The molecule has 0 spiro atoms. The number of thioether (sulfide) groups is 1. The molecular weight excluding hydrogens is 518 g/mol. The zero-order chi connectivity index (χ0) is 27.0. The first kappa shape index (κ1) is 28.5.